The average Bonchev–Trinajstić information content (AvgIpc) is 2.39. The molecule has 0 aromatic rings. The van der Waals surface area contributed by atoms with Gasteiger partial charge in [-0.2, -0.15) is 11.8 Å². The van der Waals surface area contributed by atoms with Gasteiger partial charge in [0.05, 0.1) is 0 Å². The quantitative estimate of drug-likeness (QED) is 0.686. The summed E-state index contributed by atoms with van der Waals surface area (Å²) in [7, 11) is 0. The molecule has 0 aromatic carbocycles. The summed E-state index contributed by atoms with van der Waals surface area (Å²) in [4.78, 5) is 0. The molecule has 0 atom stereocenters. The molecule has 2 heteroatoms. The summed E-state index contributed by atoms with van der Waals surface area (Å²) >= 11 is 1.91. The molecule has 78 valence electrons. The SMILES string of the molecule is CSCCNCC1C(C)(C)C1(C)C. The molecule has 0 unspecified atom stereocenters. The van der Waals surface area contributed by atoms with E-state index in [4.69, 9.17) is 0 Å². The Bertz CT molecular complexity index is 161. The largest absolute Gasteiger partial charge is 0.316 e. The van der Waals surface area contributed by atoms with Crippen molar-refractivity contribution in [3.63, 3.8) is 0 Å². The Kier molecular flexibility index (Phi) is 3.34. The fourth-order valence-corrected chi connectivity index (χ4v) is 2.61. The smallest absolute Gasteiger partial charge is 0.00553 e. The first-order chi connectivity index (χ1) is 5.94. The van der Waals surface area contributed by atoms with Gasteiger partial charge in [0.15, 0.2) is 0 Å². The van der Waals surface area contributed by atoms with E-state index in [0.29, 0.717) is 10.8 Å². The topological polar surface area (TPSA) is 12.0 Å². The highest BCUT2D eigenvalue weighted by Gasteiger charge is 2.63. The van der Waals surface area contributed by atoms with Crippen LogP contribution < -0.4 is 5.32 Å². The van der Waals surface area contributed by atoms with E-state index in [0.717, 1.165) is 12.5 Å². The fourth-order valence-electron chi connectivity index (χ4n) is 2.26. The minimum atomic E-state index is 0.541. The van der Waals surface area contributed by atoms with Gasteiger partial charge in [-0.25, -0.2) is 0 Å². The van der Waals surface area contributed by atoms with Crippen LogP contribution in [0.2, 0.25) is 0 Å². The average molecular weight is 201 g/mol. The predicted octanol–water partition coefficient (Wildman–Crippen LogP) is 2.62. The van der Waals surface area contributed by atoms with Crippen molar-refractivity contribution in [3.05, 3.63) is 0 Å². The third-order valence-corrected chi connectivity index (χ3v) is 4.76. The van der Waals surface area contributed by atoms with Crippen molar-refractivity contribution in [3.8, 4) is 0 Å². The summed E-state index contributed by atoms with van der Waals surface area (Å²) in [5.41, 5.74) is 1.08. The molecule has 1 saturated carbocycles. The minimum Gasteiger partial charge on any atom is -0.316 e. The van der Waals surface area contributed by atoms with Crippen LogP contribution in [-0.4, -0.2) is 25.1 Å². The van der Waals surface area contributed by atoms with Gasteiger partial charge in [0.2, 0.25) is 0 Å². The highest BCUT2D eigenvalue weighted by Crippen LogP contribution is 2.67. The third-order valence-electron chi connectivity index (χ3n) is 4.15. The Hall–Kier alpha value is 0.310. The molecular formula is C11H23NS. The van der Waals surface area contributed by atoms with Gasteiger partial charge >= 0.3 is 0 Å². The van der Waals surface area contributed by atoms with Crippen molar-refractivity contribution in [2.75, 3.05) is 25.1 Å². The van der Waals surface area contributed by atoms with Crippen LogP contribution in [-0.2, 0) is 0 Å². The van der Waals surface area contributed by atoms with Gasteiger partial charge in [-0.15, -0.1) is 0 Å². The van der Waals surface area contributed by atoms with Gasteiger partial charge in [0.1, 0.15) is 0 Å². The van der Waals surface area contributed by atoms with Crippen LogP contribution in [0.3, 0.4) is 0 Å². The van der Waals surface area contributed by atoms with Gasteiger partial charge in [-0.05, 0) is 29.5 Å². The first-order valence-electron chi connectivity index (χ1n) is 5.14. The van der Waals surface area contributed by atoms with E-state index < -0.39 is 0 Å². The number of thioether (sulfide) groups is 1. The third kappa shape index (κ3) is 2.04. The summed E-state index contributed by atoms with van der Waals surface area (Å²) in [5, 5.41) is 3.54. The van der Waals surface area contributed by atoms with Crippen molar-refractivity contribution in [1.29, 1.82) is 0 Å². The lowest BCUT2D eigenvalue weighted by Crippen LogP contribution is -2.21. The maximum Gasteiger partial charge on any atom is 0.00553 e. The fraction of sp³-hybridized carbons (Fsp3) is 1.00. The Morgan fingerprint density at radius 1 is 1.15 bits per heavy atom. The van der Waals surface area contributed by atoms with Gasteiger partial charge < -0.3 is 5.32 Å². The second kappa shape index (κ2) is 3.82. The molecule has 13 heavy (non-hydrogen) atoms. The molecule has 0 saturated heterocycles. The molecule has 0 aromatic heterocycles. The molecule has 1 N–H and O–H groups in total. The summed E-state index contributed by atoms with van der Waals surface area (Å²) in [6.07, 6.45) is 2.16. The van der Waals surface area contributed by atoms with Gasteiger partial charge in [0.25, 0.3) is 0 Å². The lowest BCUT2D eigenvalue weighted by molar-refractivity contribution is 0.457. The van der Waals surface area contributed by atoms with Gasteiger partial charge in [-0.1, -0.05) is 27.7 Å². The Morgan fingerprint density at radius 3 is 2.08 bits per heavy atom. The molecule has 0 amide bonds. The molecular weight excluding hydrogens is 178 g/mol. The number of rotatable bonds is 5. The van der Waals surface area contributed by atoms with Crippen LogP contribution >= 0.6 is 11.8 Å². The van der Waals surface area contributed by atoms with Crippen molar-refractivity contribution < 1.29 is 0 Å². The van der Waals surface area contributed by atoms with Crippen LogP contribution in [0.25, 0.3) is 0 Å². The van der Waals surface area contributed by atoms with Crippen LogP contribution in [0, 0.1) is 16.7 Å². The van der Waals surface area contributed by atoms with E-state index in [1.54, 1.807) is 0 Å². The zero-order valence-corrected chi connectivity index (χ0v) is 10.4. The second-order valence-corrected chi connectivity index (χ2v) is 6.18. The molecule has 0 bridgehead atoms. The summed E-state index contributed by atoms with van der Waals surface area (Å²) < 4.78 is 0. The van der Waals surface area contributed by atoms with Gasteiger partial charge in [-0.3, -0.25) is 0 Å². The summed E-state index contributed by atoms with van der Waals surface area (Å²) in [6, 6.07) is 0. The number of hydrogen-bond donors (Lipinski definition) is 1. The normalized spacial score (nSPS) is 24.7. The van der Waals surface area contributed by atoms with E-state index in [2.05, 4.69) is 39.3 Å². The van der Waals surface area contributed by atoms with Crippen molar-refractivity contribution >= 4 is 11.8 Å². The highest BCUT2D eigenvalue weighted by molar-refractivity contribution is 7.98. The number of hydrogen-bond acceptors (Lipinski definition) is 2. The summed E-state index contributed by atoms with van der Waals surface area (Å²) in [6.45, 7) is 11.9. The van der Waals surface area contributed by atoms with Crippen LogP contribution in [0.5, 0.6) is 0 Å². The molecule has 1 aliphatic carbocycles. The standard InChI is InChI=1S/C11H23NS/c1-10(2)9(11(10,3)4)8-12-6-7-13-5/h9,12H,6-8H2,1-5H3. The first kappa shape index (κ1) is 11.4. The second-order valence-electron chi connectivity index (χ2n) is 5.19. The highest BCUT2D eigenvalue weighted by atomic mass is 32.2. The molecule has 1 rings (SSSR count). The summed E-state index contributed by atoms with van der Waals surface area (Å²) in [5.74, 6) is 2.09. The lowest BCUT2D eigenvalue weighted by Gasteiger charge is -2.04. The molecule has 1 aliphatic rings. The van der Waals surface area contributed by atoms with Gasteiger partial charge in [0, 0.05) is 12.3 Å². The van der Waals surface area contributed by atoms with E-state index in [9.17, 15) is 0 Å². The molecule has 0 spiro atoms. The van der Waals surface area contributed by atoms with Crippen molar-refractivity contribution in [2.45, 2.75) is 27.7 Å². The molecule has 0 heterocycles. The Labute approximate surface area is 87.1 Å². The minimum absolute atomic E-state index is 0.541. The van der Waals surface area contributed by atoms with E-state index in [-0.39, 0.29) is 0 Å². The number of nitrogens with one attached hydrogen (secondary N) is 1. The maximum absolute atomic E-state index is 3.54. The van der Waals surface area contributed by atoms with Crippen LogP contribution in [0.1, 0.15) is 27.7 Å². The van der Waals surface area contributed by atoms with Crippen LogP contribution in [0.4, 0.5) is 0 Å². The lowest BCUT2D eigenvalue weighted by atomic mass is 10.0. The van der Waals surface area contributed by atoms with Crippen molar-refractivity contribution in [2.24, 2.45) is 16.7 Å². The molecule has 0 aliphatic heterocycles. The van der Waals surface area contributed by atoms with E-state index >= 15 is 0 Å². The Balaban J connectivity index is 2.19. The van der Waals surface area contributed by atoms with Crippen molar-refractivity contribution in [1.82, 2.24) is 5.32 Å². The molecule has 1 nitrogen and oxygen atoms in total. The predicted molar refractivity (Wildman–Crippen MR) is 62.3 cm³/mol. The Morgan fingerprint density at radius 2 is 1.69 bits per heavy atom. The maximum atomic E-state index is 3.54. The molecule has 0 radical (unpaired) electrons. The monoisotopic (exact) mass is 201 g/mol. The zero-order valence-electron chi connectivity index (χ0n) is 9.61. The van der Waals surface area contributed by atoms with E-state index in [1.807, 2.05) is 11.8 Å². The van der Waals surface area contributed by atoms with E-state index in [1.165, 1.54) is 12.3 Å². The van der Waals surface area contributed by atoms with Crippen LogP contribution in [0.15, 0.2) is 0 Å². The molecule has 1 fully saturated rings. The first-order valence-corrected chi connectivity index (χ1v) is 6.53. The zero-order chi connectivity index (χ0) is 10.1.